The van der Waals surface area contributed by atoms with Crippen LogP contribution in [0.25, 0.3) is 0 Å². The fraction of sp³-hybridized carbons (Fsp3) is 1.00. The summed E-state index contributed by atoms with van der Waals surface area (Å²) in [5, 5.41) is 0. The molecule has 0 aliphatic carbocycles. The van der Waals surface area contributed by atoms with Crippen LogP contribution in [-0.2, 0) is 0 Å². The highest BCUT2D eigenvalue weighted by Gasteiger charge is 2.13. The largest absolute Gasteiger partial charge is 0.0654 e. The van der Waals surface area contributed by atoms with E-state index in [0.29, 0.717) is 0 Å². The Hall–Kier alpha value is 0. The van der Waals surface area contributed by atoms with Gasteiger partial charge >= 0.3 is 0 Å². The summed E-state index contributed by atoms with van der Waals surface area (Å²) >= 11 is 0. The van der Waals surface area contributed by atoms with E-state index in [1.807, 2.05) is 0 Å². The van der Waals surface area contributed by atoms with E-state index in [4.69, 9.17) is 0 Å². The van der Waals surface area contributed by atoms with Crippen molar-refractivity contribution in [1.82, 2.24) is 0 Å². The summed E-state index contributed by atoms with van der Waals surface area (Å²) in [5.41, 5.74) is 0. The molecule has 3 unspecified atom stereocenters. The van der Waals surface area contributed by atoms with Gasteiger partial charge in [0.1, 0.15) is 0 Å². The van der Waals surface area contributed by atoms with Gasteiger partial charge in [-0.15, -0.1) is 0 Å². The van der Waals surface area contributed by atoms with Crippen LogP contribution in [0, 0.1) is 17.8 Å². The van der Waals surface area contributed by atoms with Gasteiger partial charge in [0.05, 0.1) is 0 Å². The van der Waals surface area contributed by atoms with Crippen LogP contribution < -0.4 is 0 Å². The van der Waals surface area contributed by atoms with Crippen molar-refractivity contribution in [1.29, 1.82) is 0 Å². The molecule has 3 atom stereocenters. The molecule has 0 aliphatic rings. The Morgan fingerprint density at radius 2 is 1.47 bits per heavy atom. The lowest BCUT2D eigenvalue weighted by molar-refractivity contribution is 0.298. The molecule has 0 fully saturated rings. The molecule has 0 aromatic rings. The summed E-state index contributed by atoms with van der Waals surface area (Å²) in [4.78, 5) is 0. The molecule has 0 heteroatoms. The van der Waals surface area contributed by atoms with E-state index in [9.17, 15) is 0 Å². The third-order valence-corrected chi connectivity index (χ3v) is 4.03. The van der Waals surface area contributed by atoms with Crippen molar-refractivity contribution >= 4 is 0 Å². The first-order chi connectivity index (χ1) is 7.15. The monoisotopic (exact) mass is 212 g/mol. The maximum atomic E-state index is 2.42. The first-order valence-corrected chi connectivity index (χ1v) is 7.15. The lowest BCUT2D eigenvalue weighted by atomic mass is 9.84. The lowest BCUT2D eigenvalue weighted by Gasteiger charge is -2.22. The van der Waals surface area contributed by atoms with Crippen LogP contribution in [0.3, 0.4) is 0 Å². The van der Waals surface area contributed by atoms with Crippen molar-refractivity contribution in [2.24, 2.45) is 17.8 Å². The second kappa shape index (κ2) is 9.24. The maximum absolute atomic E-state index is 2.42. The van der Waals surface area contributed by atoms with E-state index in [1.54, 1.807) is 0 Å². The zero-order valence-corrected chi connectivity index (χ0v) is 11.7. The van der Waals surface area contributed by atoms with Gasteiger partial charge in [-0.1, -0.05) is 79.6 Å². The predicted molar refractivity (Wildman–Crippen MR) is 71.2 cm³/mol. The molecule has 0 N–H and O–H groups in total. The van der Waals surface area contributed by atoms with Gasteiger partial charge in [0.25, 0.3) is 0 Å². The van der Waals surface area contributed by atoms with Crippen molar-refractivity contribution in [3.63, 3.8) is 0 Å². The molecule has 0 spiro atoms. The summed E-state index contributed by atoms with van der Waals surface area (Å²) in [7, 11) is 0. The van der Waals surface area contributed by atoms with E-state index >= 15 is 0 Å². The van der Waals surface area contributed by atoms with Gasteiger partial charge in [0, 0.05) is 0 Å². The Morgan fingerprint density at radius 3 is 1.93 bits per heavy atom. The molecule has 0 rings (SSSR count). The Bertz CT molecular complexity index is 128. The summed E-state index contributed by atoms with van der Waals surface area (Å²) in [6, 6.07) is 0. The SMILES string of the molecule is CCCC(C)CCCC(CC)C(C)CC. The van der Waals surface area contributed by atoms with Crippen molar-refractivity contribution < 1.29 is 0 Å². The summed E-state index contributed by atoms with van der Waals surface area (Å²) in [6.07, 6.45) is 9.84. The third kappa shape index (κ3) is 6.98. The molecule has 0 aliphatic heterocycles. The van der Waals surface area contributed by atoms with Crippen LogP contribution in [0.15, 0.2) is 0 Å². The third-order valence-electron chi connectivity index (χ3n) is 4.03. The molecule has 0 amide bonds. The maximum Gasteiger partial charge on any atom is -0.0391 e. The topological polar surface area (TPSA) is 0 Å². The fourth-order valence-electron chi connectivity index (χ4n) is 2.59. The standard InChI is InChI=1S/C15H32/c1-6-10-13(4)11-9-12-15(8-3)14(5)7-2/h13-15H,6-12H2,1-5H3. The van der Waals surface area contributed by atoms with Gasteiger partial charge in [-0.3, -0.25) is 0 Å². The average molecular weight is 212 g/mol. The van der Waals surface area contributed by atoms with Crippen LogP contribution in [0.2, 0.25) is 0 Å². The minimum absolute atomic E-state index is 0.927. The molecule has 0 heterocycles. The van der Waals surface area contributed by atoms with Gasteiger partial charge in [-0.2, -0.15) is 0 Å². The van der Waals surface area contributed by atoms with Crippen molar-refractivity contribution in [3.8, 4) is 0 Å². The molecule has 0 saturated carbocycles. The zero-order chi connectivity index (χ0) is 11.7. The average Bonchev–Trinajstić information content (AvgIpc) is 2.24. The van der Waals surface area contributed by atoms with Gasteiger partial charge in [-0.05, 0) is 17.8 Å². The van der Waals surface area contributed by atoms with Crippen molar-refractivity contribution in [2.45, 2.75) is 79.6 Å². The molecule has 0 nitrogen and oxygen atoms in total. The van der Waals surface area contributed by atoms with Gasteiger partial charge in [-0.25, -0.2) is 0 Å². The Kier molecular flexibility index (Phi) is 9.24. The van der Waals surface area contributed by atoms with E-state index in [1.165, 1.54) is 44.9 Å². The minimum Gasteiger partial charge on any atom is -0.0654 e. The molecular weight excluding hydrogens is 180 g/mol. The molecule has 0 radical (unpaired) electrons. The molecule has 0 bridgehead atoms. The molecule has 0 saturated heterocycles. The van der Waals surface area contributed by atoms with Crippen molar-refractivity contribution in [2.75, 3.05) is 0 Å². The fourth-order valence-corrected chi connectivity index (χ4v) is 2.59. The van der Waals surface area contributed by atoms with Gasteiger partial charge in [0.2, 0.25) is 0 Å². The zero-order valence-electron chi connectivity index (χ0n) is 11.7. The van der Waals surface area contributed by atoms with E-state index in [2.05, 4.69) is 34.6 Å². The molecular formula is C15H32. The Morgan fingerprint density at radius 1 is 0.800 bits per heavy atom. The minimum atomic E-state index is 0.927. The highest BCUT2D eigenvalue weighted by atomic mass is 14.2. The first-order valence-electron chi connectivity index (χ1n) is 7.15. The normalized spacial score (nSPS) is 17.4. The highest BCUT2D eigenvalue weighted by molar-refractivity contribution is 4.65. The van der Waals surface area contributed by atoms with Crippen molar-refractivity contribution in [3.05, 3.63) is 0 Å². The van der Waals surface area contributed by atoms with E-state index in [0.717, 1.165) is 17.8 Å². The quantitative estimate of drug-likeness (QED) is 0.462. The molecule has 0 aromatic heterocycles. The van der Waals surface area contributed by atoms with Crippen LogP contribution in [-0.4, -0.2) is 0 Å². The second-order valence-electron chi connectivity index (χ2n) is 5.38. The summed E-state index contributed by atoms with van der Waals surface area (Å²) in [5.74, 6) is 2.85. The number of rotatable bonds is 9. The predicted octanol–water partition coefficient (Wildman–Crippen LogP) is 5.67. The van der Waals surface area contributed by atoms with Gasteiger partial charge < -0.3 is 0 Å². The van der Waals surface area contributed by atoms with Crippen LogP contribution in [0.5, 0.6) is 0 Å². The molecule has 0 aromatic carbocycles. The smallest absolute Gasteiger partial charge is 0.0391 e. The van der Waals surface area contributed by atoms with E-state index < -0.39 is 0 Å². The van der Waals surface area contributed by atoms with Crippen LogP contribution >= 0.6 is 0 Å². The van der Waals surface area contributed by atoms with Crippen LogP contribution in [0.4, 0.5) is 0 Å². The molecule has 92 valence electrons. The van der Waals surface area contributed by atoms with Crippen LogP contribution in [0.1, 0.15) is 79.6 Å². The summed E-state index contributed by atoms with van der Waals surface area (Å²) in [6.45, 7) is 11.8. The molecule has 15 heavy (non-hydrogen) atoms. The first kappa shape index (κ1) is 15.0. The number of hydrogen-bond acceptors (Lipinski definition) is 0. The highest BCUT2D eigenvalue weighted by Crippen LogP contribution is 2.25. The summed E-state index contributed by atoms with van der Waals surface area (Å²) < 4.78 is 0. The van der Waals surface area contributed by atoms with Gasteiger partial charge in [0.15, 0.2) is 0 Å². The Labute approximate surface area is 97.8 Å². The van der Waals surface area contributed by atoms with E-state index in [-0.39, 0.29) is 0 Å². The number of hydrogen-bond donors (Lipinski definition) is 0. The second-order valence-corrected chi connectivity index (χ2v) is 5.38. The lowest BCUT2D eigenvalue weighted by Crippen LogP contribution is -2.10. The Balaban J connectivity index is 3.62.